The molecule has 0 aliphatic rings. The summed E-state index contributed by atoms with van der Waals surface area (Å²) in [7, 11) is 0. The molecule has 0 unspecified atom stereocenters. The molecular weight excluding hydrogens is 284 g/mol. The number of halogens is 1. The molecule has 0 aliphatic carbocycles. The van der Waals surface area contributed by atoms with Gasteiger partial charge in [0, 0.05) is 6.07 Å². The molecule has 0 bridgehead atoms. The Morgan fingerprint density at radius 3 is 2.95 bits per heavy atom. The van der Waals surface area contributed by atoms with Crippen molar-refractivity contribution in [3.63, 3.8) is 0 Å². The van der Waals surface area contributed by atoms with Crippen LogP contribution in [0.1, 0.15) is 11.4 Å². The zero-order chi connectivity index (χ0) is 14.1. The SMILES string of the molecule is O=[N+]([O-])c1c(Cn2cc(CCl)nn2)nc2ccccn12. The van der Waals surface area contributed by atoms with Gasteiger partial charge in [-0.1, -0.05) is 11.3 Å². The Labute approximate surface area is 117 Å². The van der Waals surface area contributed by atoms with Gasteiger partial charge in [-0.25, -0.2) is 9.67 Å². The highest BCUT2D eigenvalue weighted by Crippen LogP contribution is 2.21. The van der Waals surface area contributed by atoms with Gasteiger partial charge in [0.05, 0.1) is 30.5 Å². The first-order valence-corrected chi connectivity index (χ1v) is 6.28. The third kappa shape index (κ3) is 2.10. The van der Waals surface area contributed by atoms with E-state index >= 15 is 0 Å². The van der Waals surface area contributed by atoms with Gasteiger partial charge in [-0.05, 0) is 11.0 Å². The highest BCUT2D eigenvalue weighted by atomic mass is 35.5. The van der Waals surface area contributed by atoms with Crippen molar-refractivity contribution in [3.05, 3.63) is 52.1 Å². The van der Waals surface area contributed by atoms with Crippen LogP contribution in [-0.2, 0) is 12.4 Å². The van der Waals surface area contributed by atoms with Crippen molar-refractivity contribution in [2.75, 3.05) is 0 Å². The Morgan fingerprint density at radius 1 is 1.40 bits per heavy atom. The van der Waals surface area contributed by atoms with Gasteiger partial charge in [0.1, 0.15) is 0 Å². The summed E-state index contributed by atoms with van der Waals surface area (Å²) in [5, 5.41) is 18.9. The first-order chi connectivity index (χ1) is 9.69. The molecule has 102 valence electrons. The summed E-state index contributed by atoms with van der Waals surface area (Å²) >= 11 is 5.65. The number of fused-ring (bicyclic) bond motifs is 1. The van der Waals surface area contributed by atoms with Gasteiger partial charge in [0.2, 0.25) is 5.65 Å². The molecule has 0 radical (unpaired) electrons. The van der Waals surface area contributed by atoms with Crippen LogP contribution < -0.4 is 0 Å². The number of alkyl halides is 1. The number of nitro groups is 1. The van der Waals surface area contributed by atoms with E-state index in [2.05, 4.69) is 15.3 Å². The lowest BCUT2D eigenvalue weighted by molar-refractivity contribution is -0.391. The number of aromatic nitrogens is 5. The van der Waals surface area contributed by atoms with E-state index in [-0.39, 0.29) is 18.2 Å². The van der Waals surface area contributed by atoms with Crippen LogP contribution in [0.4, 0.5) is 5.82 Å². The molecule has 9 heteroatoms. The highest BCUT2D eigenvalue weighted by Gasteiger charge is 2.22. The zero-order valence-electron chi connectivity index (χ0n) is 10.2. The number of pyridine rings is 1. The lowest BCUT2D eigenvalue weighted by Crippen LogP contribution is -2.04. The highest BCUT2D eigenvalue weighted by molar-refractivity contribution is 6.16. The van der Waals surface area contributed by atoms with E-state index in [0.717, 1.165) is 0 Å². The lowest BCUT2D eigenvalue weighted by Gasteiger charge is -1.98. The molecule has 0 atom stereocenters. The monoisotopic (exact) mass is 292 g/mol. The van der Waals surface area contributed by atoms with E-state index in [1.165, 1.54) is 9.08 Å². The maximum absolute atomic E-state index is 11.2. The number of hydrogen-bond acceptors (Lipinski definition) is 5. The minimum Gasteiger partial charge on any atom is -0.358 e. The van der Waals surface area contributed by atoms with Crippen LogP contribution in [0.3, 0.4) is 0 Å². The molecule has 0 fully saturated rings. The molecule has 20 heavy (non-hydrogen) atoms. The Kier molecular flexibility index (Phi) is 3.07. The van der Waals surface area contributed by atoms with E-state index in [9.17, 15) is 10.1 Å². The summed E-state index contributed by atoms with van der Waals surface area (Å²) in [5.41, 5.74) is 1.46. The fraction of sp³-hybridized carbons (Fsp3) is 0.182. The van der Waals surface area contributed by atoms with E-state index in [4.69, 9.17) is 11.6 Å². The smallest absolute Gasteiger partial charge is 0.353 e. The van der Waals surface area contributed by atoms with Crippen LogP contribution in [0, 0.1) is 10.1 Å². The fourth-order valence-electron chi connectivity index (χ4n) is 1.96. The van der Waals surface area contributed by atoms with Crippen molar-refractivity contribution in [1.29, 1.82) is 0 Å². The molecule has 3 aromatic rings. The maximum atomic E-state index is 11.2. The molecule has 3 aromatic heterocycles. The second kappa shape index (κ2) is 4.89. The van der Waals surface area contributed by atoms with Crippen LogP contribution in [-0.4, -0.2) is 29.3 Å². The summed E-state index contributed by atoms with van der Waals surface area (Å²) in [5.74, 6) is 0.177. The molecule has 3 heterocycles. The average Bonchev–Trinajstić information content (AvgIpc) is 3.02. The third-order valence-electron chi connectivity index (χ3n) is 2.78. The normalized spacial score (nSPS) is 11.1. The fourth-order valence-corrected chi connectivity index (χ4v) is 2.08. The minimum atomic E-state index is -0.450. The quantitative estimate of drug-likeness (QED) is 0.414. The summed E-state index contributed by atoms with van der Waals surface area (Å²) in [6.45, 7) is 0.169. The van der Waals surface area contributed by atoms with Gasteiger partial charge in [-0.2, -0.15) is 4.40 Å². The van der Waals surface area contributed by atoms with Crippen LogP contribution in [0.5, 0.6) is 0 Å². The van der Waals surface area contributed by atoms with Crippen molar-refractivity contribution in [1.82, 2.24) is 24.4 Å². The largest absolute Gasteiger partial charge is 0.358 e. The summed E-state index contributed by atoms with van der Waals surface area (Å²) in [4.78, 5) is 15.0. The van der Waals surface area contributed by atoms with Gasteiger partial charge < -0.3 is 10.1 Å². The Balaban J connectivity index is 2.06. The van der Waals surface area contributed by atoms with Crippen LogP contribution in [0.2, 0.25) is 0 Å². The maximum Gasteiger partial charge on any atom is 0.353 e. The lowest BCUT2D eigenvalue weighted by atomic mass is 10.4. The van der Waals surface area contributed by atoms with E-state index in [1.54, 1.807) is 30.6 Å². The molecule has 8 nitrogen and oxygen atoms in total. The summed E-state index contributed by atoms with van der Waals surface area (Å²) in [6.07, 6.45) is 3.25. The predicted octanol–water partition coefficient (Wildman–Crippen LogP) is 1.62. The molecule has 0 N–H and O–H groups in total. The topological polar surface area (TPSA) is 91.1 Å². The van der Waals surface area contributed by atoms with Crippen molar-refractivity contribution in [2.24, 2.45) is 0 Å². The average molecular weight is 293 g/mol. The zero-order valence-corrected chi connectivity index (χ0v) is 10.9. The van der Waals surface area contributed by atoms with Gasteiger partial charge in [0.15, 0.2) is 5.69 Å². The van der Waals surface area contributed by atoms with Gasteiger partial charge in [0.25, 0.3) is 0 Å². The first kappa shape index (κ1) is 12.5. The van der Waals surface area contributed by atoms with Crippen molar-refractivity contribution in [2.45, 2.75) is 12.4 Å². The number of imidazole rings is 1. The van der Waals surface area contributed by atoms with Crippen molar-refractivity contribution in [3.8, 4) is 0 Å². The Bertz CT molecular complexity index is 780. The van der Waals surface area contributed by atoms with Crippen molar-refractivity contribution < 1.29 is 4.92 Å². The van der Waals surface area contributed by atoms with Crippen LogP contribution in [0.15, 0.2) is 30.6 Å². The second-order valence-corrected chi connectivity index (χ2v) is 4.38. The van der Waals surface area contributed by atoms with Crippen LogP contribution in [0.25, 0.3) is 5.65 Å². The Morgan fingerprint density at radius 2 is 2.25 bits per heavy atom. The molecular formula is C11H9ClN6O2. The molecule has 3 rings (SSSR count). The van der Waals surface area contributed by atoms with E-state index in [1.807, 2.05) is 0 Å². The van der Waals surface area contributed by atoms with Gasteiger partial charge >= 0.3 is 5.82 Å². The van der Waals surface area contributed by atoms with Crippen LogP contribution >= 0.6 is 11.6 Å². The molecule has 0 aliphatic heterocycles. The van der Waals surface area contributed by atoms with Gasteiger partial charge in [-0.15, -0.1) is 16.7 Å². The third-order valence-corrected chi connectivity index (χ3v) is 3.06. The summed E-state index contributed by atoms with van der Waals surface area (Å²) in [6, 6.07) is 5.20. The Hall–Kier alpha value is -2.48. The van der Waals surface area contributed by atoms with Gasteiger partial charge in [-0.3, -0.25) is 0 Å². The number of rotatable bonds is 4. The second-order valence-electron chi connectivity index (χ2n) is 4.11. The van der Waals surface area contributed by atoms with E-state index < -0.39 is 4.92 Å². The van der Waals surface area contributed by atoms with E-state index in [0.29, 0.717) is 17.0 Å². The molecule has 0 saturated heterocycles. The standard InChI is InChI=1S/C11H9ClN6O2/c12-5-8-6-16(15-14-8)7-9-11(18(19)20)17-4-2-1-3-10(17)13-9/h1-4,6H,5,7H2. The molecule has 0 aromatic carbocycles. The first-order valence-electron chi connectivity index (χ1n) is 5.74. The minimum absolute atomic E-state index is 0.0662. The molecule has 0 amide bonds. The summed E-state index contributed by atoms with van der Waals surface area (Å²) < 4.78 is 2.92. The number of hydrogen-bond donors (Lipinski definition) is 0. The van der Waals surface area contributed by atoms with Crippen molar-refractivity contribution >= 4 is 23.1 Å². The molecule has 0 spiro atoms. The molecule has 0 saturated carbocycles. The number of nitrogens with zero attached hydrogens (tertiary/aromatic N) is 6. The predicted molar refractivity (Wildman–Crippen MR) is 70.5 cm³/mol.